The van der Waals surface area contributed by atoms with E-state index in [1.165, 1.54) is 0 Å². The van der Waals surface area contributed by atoms with Gasteiger partial charge in [-0.3, -0.25) is 4.79 Å². The van der Waals surface area contributed by atoms with Crippen LogP contribution in [0.3, 0.4) is 0 Å². The molecule has 1 atom stereocenters. The van der Waals surface area contributed by atoms with E-state index in [2.05, 4.69) is 20.9 Å². The molecule has 0 aromatic heterocycles. The Kier molecular flexibility index (Phi) is 7.66. The van der Waals surface area contributed by atoms with Crippen LogP contribution in [0.1, 0.15) is 63.9 Å². The Bertz CT molecular complexity index is 546. The van der Waals surface area contributed by atoms with E-state index in [1.807, 2.05) is 30.3 Å². The Morgan fingerprint density at radius 1 is 1.12 bits per heavy atom. The normalized spacial score (nSPS) is 18.8. The minimum atomic E-state index is -0.997. The zero-order valence-corrected chi connectivity index (χ0v) is 16.7. The van der Waals surface area contributed by atoms with Crippen molar-refractivity contribution in [3.05, 3.63) is 35.9 Å². The highest BCUT2D eigenvalue weighted by atomic mass is 16.5. The van der Waals surface area contributed by atoms with Crippen LogP contribution in [0.25, 0.3) is 0 Å². The summed E-state index contributed by atoms with van der Waals surface area (Å²) in [6.07, 6.45) is 5.52. The van der Waals surface area contributed by atoms with Gasteiger partial charge in [0.1, 0.15) is 19.1 Å². The molecule has 4 nitrogen and oxygen atoms in total. The summed E-state index contributed by atoms with van der Waals surface area (Å²) in [6.45, 7) is 7.55. The minimum absolute atomic E-state index is 0.278. The van der Waals surface area contributed by atoms with Gasteiger partial charge in [-0.2, -0.15) is 0 Å². The van der Waals surface area contributed by atoms with Crippen molar-refractivity contribution in [2.24, 2.45) is 0 Å². The first-order valence-electron chi connectivity index (χ1n) is 10.2. The standard InChI is InChI=1S/C22H36NO3/c1-4-23(3,5-2)17-18-26-21(24)20(19-13-9-8-10-14-19)22(25)15-11-6-7-12-16-22/h8-10,13-14,20,25H,4-7,11-12,15-18H2,1-3H3/q+1. The van der Waals surface area contributed by atoms with E-state index < -0.39 is 11.5 Å². The van der Waals surface area contributed by atoms with Crippen LogP contribution in [0.5, 0.6) is 0 Å². The number of nitrogens with zero attached hydrogens (tertiary/aromatic N) is 1. The molecule has 1 unspecified atom stereocenters. The Labute approximate surface area is 158 Å². The molecule has 1 aromatic carbocycles. The number of hydrogen-bond donors (Lipinski definition) is 1. The summed E-state index contributed by atoms with van der Waals surface area (Å²) in [4.78, 5) is 13.0. The van der Waals surface area contributed by atoms with Gasteiger partial charge in [-0.05, 0) is 32.3 Å². The first kappa shape index (κ1) is 20.9. The summed E-state index contributed by atoms with van der Waals surface area (Å²) in [5.74, 6) is -0.872. The molecule has 0 radical (unpaired) electrons. The van der Waals surface area contributed by atoms with Crippen molar-refractivity contribution in [2.75, 3.05) is 33.3 Å². The van der Waals surface area contributed by atoms with Crippen LogP contribution in [0.4, 0.5) is 0 Å². The van der Waals surface area contributed by atoms with E-state index in [9.17, 15) is 9.90 Å². The maximum atomic E-state index is 13.0. The van der Waals surface area contributed by atoms with Gasteiger partial charge in [-0.25, -0.2) is 0 Å². The topological polar surface area (TPSA) is 46.5 Å². The number of carbonyl (C=O) groups is 1. The largest absolute Gasteiger partial charge is 0.459 e. The molecule has 1 aromatic rings. The fraction of sp³-hybridized carbons (Fsp3) is 0.682. The smallest absolute Gasteiger partial charge is 0.316 e. The summed E-state index contributed by atoms with van der Waals surface area (Å²) < 4.78 is 6.59. The highest BCUT2D eigenvalue weighted by Gasteiger charge is 2.43. The van der Waals surface area contributed by atoms with Gasteiger partial charge < -0.3 is 14.3 Å². The van der Waals surface area contributed by atoms with Crippen molar-refractivity contribution in [1.82, 2.24) is 0 Å². The third-order valence-corrected chi connectivity index (χ3v) is 6.28. The number of hydrogen-bond acceptors (Lipinski definition) is 3. The summed E-state index contributed by atoms with van der Waals surface area (Å²) >= 11 is 0. The van der Waals surface area contributed by atoms with Gasteiger partial charge in [0.15, 0.2) is 0 Å². The Balaban J connectivity index is 2.14. The molecule has 146 valence electrons. The molecule has 0 heterocycles. The molecule has 0 spiro atoms. The second kappa shape index (κ2) is 9.52. The first-order valence-corrected chi connectivity index (χ1v) is 10.2. The molecular formula is C22H36NO3+. The van der Waals surface area contributed by atoms with Gasteiger partial charge in [0.25, 0.3) is 0 Å². The lowest BCUT2D eigenvalue weighted by atomic mass is 9.77. The van der Waals surface area contributed by atoms with Gasteiger partial charge in [0.2, 0.25) is 0 Å². The predicted octanol–water partition coefficient (Wildman–Crippen LogP) is 3.89. The van der Waals surface area contributed by atoms with E-state index in [0.29, 0.717) is 19.4 Å². The summed E-state index contributed by atoms with van der Waals surface area (Å²) in [5, 5.41) is 11.4. The van der Waals surface area contributed by atoms with E-state index in [1.54, 1.807) is 0 Å². The van der Waals surface area contributed by atoms with Gasteiger partial charge in [0, 0.05) is 0 Å². The third kappa shape index (κ3) is 5.31. The number of benzene rings is 1. The van der Waals surface area contributed by atoms with Gasteiger partial charge in [-0.1, -0.05) is 56.0 Å². The molecule has 2 rings (SSSR count). The molecule has 1 fully saturated rings. The van der Waals surface area contributed by atoms with E-state index >= 15 is 0 Å². The number of likely N-dealkylation sites (N-methyl/N-ethyl adjacent to an activating group) is 1. The molecule has 1 saturated carbocycles. The molecule has 0 saturated heterocycles. The molecule has 1 aliphatic rings. The second-order valence-electron chi connectivity index (χ2n) is 8.00. The number of esters is 1. The molecule has 26 heavy (non-hydrogen) atoms. The molecule has 1 aliphatic carbocycles. The average Bonchev–Trinajstić information content (AvgIpc) is 2.87. The third-order valence-electron chi connectivity index (χ3n) is 6.28. The number of carbonyl (C=O) groups excluding carboxylic acids is 1. The molecule has 1 N–H and O–H groups in total. The lowest BCUT2D eigenvalue weighted by Gasteiger charge is -2.35. The molecule has 0 amide bonds. The van der Waals surface area contributed by atoms with Gasteiger partial charge >= 0.3 is 5.97 Å². The van der Waals surface area contributed by atoms with Crippen LogP contribution in [0.15, 0.2) is 30.3 Å². The Morgan fingerprint density at radius 2 is 1.69 bits per heavy atom. The van der Waals surface area contributed by atoms with Crippen LogP contribution < -0.4 is 0 Å². The van der Waals surface area contributed by atoms with Crippen LogP contribution in [-0.2, 0) is 9.53 Å². The van der Waals surface area contributed by atoms with Crippen molar-refractivity contribution in [1.29, 1.82) is 0 Å². The number of rotatable bonds is 8. The molecule has 4 heteroatoms. The van der Waals surface area contributed by atoms with Crippen molar-refractivity contribution in [2.45, 2.75) is 63.9 Å². The lowest BCUT2D eigenvalue weighted by molar-refractivity contribution is -0.906. The minimum Gasteiger partial charge on any atom is -0.459 e. The van der Waals surface area contributed by atoms with Gasteiger partial charge in [-0.15, -0.1) is 0 Å². The summed E-state index contributed by atoms with van der Waals surface area (Å²) in [5.41, 5.74) is -0.132. The monoisotopic (exact) mass is 362 g/mol. The number of ether oxygens (including phenoxy) is 1. The van der Waals surface area contributed by atoms with Crippen LogP contribution >= 0.6 is 0 Å². The van der Waals surface area contributed by atoms with Crippen molar-refractivity contribution in [3.63, 3.8) is 0 Å². The number of quaternary nitrogens is 1. The van der Waals surface area contributed by atoms with E-state index in [0.717, 1.165) is 55.4 Å². The first-order chi connectivity index (χ1) is 12.4. The predicted molar refractivity (Wildman–Crippen MR) is 105 cm³/mol. The van der Waals surface area contributed by atoms with Crippen LogP contribution in [0.2, 0.25) is 0 Å². The van der Waals surface area contributed by atoms with Crippen LogP contribution in [-0.4, -0.2) is 54.4 Å². The van der Waals surface area contributed by atoms with Crippen LogP contribution in [0, 0.1) is 0 Å². The molecular weight excluding hydrogens is 326 g/mol. The quantitative estimate of drug-likeness (QED) is 0.434. The van der Waals surface area contributed by atoms with E-state index in [4.69, 9.17) is 4.74 Å². The van der Waals surface area contributed by atoms with Crippen molar-refractivity contribution in [3.8, 4) is 0 Å². The summed E-state index contributed by atoms with van der Waals surface area (Å²) in [7, 11) is 2.18. The lowest BCUT2D eigenvalue weighted by Crippen LogP contribution is -2.47. The summed E-state index contributed by atoms with van der Waals surface area (Å²) in [6, 6.07) is 9.67. The Morgan fingerprint density at radius 3 is 2.23 bits per heavy atom. The highest BCUT2D eigenvalue weighted by molar-refractivity contribution is 5.79. The zero-order chi connectivity index (χ0) is 19.0. The van der Waals surface area contributed by atoms with Crippen molar-refractivity contribution < 1.29 is 19.1 Å². The maximum Gasteiger partial charge on any atom is 0.316 e. The molecule has 0 aliphatic heterocycles. The van der Waals surface area contributed by atoms with E-state index in [-0.39, 0.29) is 5.97 Å². The maximum absolute atomic E-state index is 13.0. The fourth-order valence-electron chi connectivity index (χ4n) is 3.93. The number of aliphatic hydroxyl groups is 1. The Hall–Kier alpha value is -1.39. The SMILES string of the molecule is CC[N+](C)(CC)CCOC(=O)C(c1ccccc1)C1(O)CCCCCC1. The zero-order valence-electron chi connectivity index (χ0n) is 16.7. The fourth-order valence-corrected chi connectivity index (χ4v) is 3.93. The molecule has 0 bridgehead atoms. The highest BCUT2D eigenvalue weighted by Crippen LogP contribution is 2.39. The average molecular weight is 363 g/mol. The van der Waals surface area contributed by atoms with Gasteiger partial charge in [0.05, 0.1) is 25.7 Å². The second-order valence-corrected chi connectivity index (χ2v) is 8.00. The van der Waals surface area contributed by atoms with Crippen molar-refractivity contribution >= 4 is 5.97 Å².